The summed E-state index contributed by atoms with van der Waals surface area (Å²) in [4.78, 5) is 20.2. The molecule has 0 rings (SSSR count). The zero-order valence-electron chi connectivity index (χ0n) is 7.12. The zero-order chi connectivity index (χ0) is 10.5. The molecule has 4 N–H and O–H groups in total. The van der Waals surface area contributed by atoms with Crippen LogP contribution in [0, 0.1) is 0 Å². The van der Waals surface area contributed by atoms with Gasteiger partial charge in [0, 0.05) is 5.97 Å². The highest BCUT2D eigenvalue weighted by molar-refractivity contribution is 5.75. The second-order valence-electron chi connectivity index (χ2n) is 2.91. The maximum Gasteiger partial charge on any atom is 0.105 e. The molecule has 6 heteroatoms. The number of nitrogens with two attached hydrogens (primary N) is 2. The molecule has 13 heavy (non-hydrogen) atoms. The number of hydrogen-bond donors (Lipinski definition) is 2. The van der Waals surface area contributed by atoms with Crippen LogP contribution >= 0.6 is 0 Å². The lowest BCUT2D eigenvalue weighted by Gasteiger charge is -2.25. The van der Waals surface area contributed by atoms with Crippen molar-refractivity contribution in [3.05, 3.63) is 0 Å². The smallest absolute Gasteiger partial charge is 0.105 e. The van der Waals surface area contributed by atoms with E-state index >= 15 is 0 Å². The minimum Gasteiger partial charge on any atom is -0.550 e. The fourth-order valence-corrected chi connectivity index (χ4v) is 0.789. The van der Waals surface area contributed by atoms with Crippen LogP contribution in [0.5, 0.6) is 0 Å². The van der Waals surface area contributed by atoms with Crippen LogP contribution in [-0.4, -0.2) is 17.6 Å². The molecule has 0 aromatic rings. The molecular weight excluding hydrogens is 176 g/mol. The Kier molecular flexibility index (Phi) is 4.36. The summed E-state index contributed by atoms with van der Waals surface area (Å²) in [6.45, 7) is 0. The average molecular weight is 188 g/mol. The number of carboxylic acids is 2. The van der Waals surface area contributed by atoms with Gasteiger partial charge in [0.05, 0.1) is 5.97 Å². The van der Waals surface area contributed by atoms with Gasteiger partial charge in [0.2, 0.25) is 0 Å². The first-order valence-electron chi connectivity index (χ1n) is 3.85. The predicted octanol–water partition coefficient (Wildman–Crippen LogP) is -3.34. The molecule has 0 bridgehead atoms. The van der Waals surface area contributed by atoms with E-state index in [0.717, 1.165) is 0 Å². The van der Waals surface area contributed by atoms with Gasteiger partial charge in [0.15, 0.2) is 0 Å². The van der Waals surface area contributed by atoms with Gasteiger partial charge in [0.25, 0.3) is 0 Å². The van der Waals surface area contributed by atoms with Gasteiger partial charge in [-0.3, -0.25) is 0 Å². The normalized spacial score (nSPS) is 11.2. The number of aliphatic carboxylic acids is 2. The molecule has 0 saturated heterocycles. The summed E-state index contributed by atoms with van der Waals surface area (Å²) in [5.74, 6) is -2.71. The van der Waals surface area contributed by atoms with E-state index in [-0.39, 0.29) is 12.8 Å². The van der Waals surface area contributed by atoms with E-state index < -0.39 is 17.6 Å². The van der Waals surface area contributed by atoms with Crippen molar-refractivity contribution in [2.24, 2.45) is 11.5 Å². The predicted molar refractivity (Wildman–Crippen MR) is 39.6 cm³/mol. The minimum absolute atomic E-state index is 0.0113. The van der Waals surface area contributed by atoms with Gasteiger partial charge >= 0.3 is 0 Å². The molecular formula is C7H12N2O4-2. The molecule has 0 aliphatic rings. The number of hydrogen-bond acceptors (Lipinski definition) is 6. The van der Waals surface area contributed by atoms with Crippen molar-refractivity contribution < 1.29 is 19.8 Å². The van der Waals surface area contributed by atoms with Crippen molar-refractivity contribution in [1.82, 2.24) is 0 Å². The third-order valence-corrected chi connectivity index (χ3v) is 1.60. The second-order valence-corrected chi connectivity index (χ2v) is 2.91. The Morgan fingerprint density at radius 1 is 1.15 bits per heavy atom. The van der Waals surface area contributed by atoms with Gasteiger partial charge in [-0.1, -0.05) is 0 Å². The summed E-state index contributed by atoms with van der Waals surface area (Å²) in [5, 5.41) is 20.2. The molecule has 76 valence electrons. The molecule has 0 unspecified atom stereocenters. The zero-order valence-corrected chi connectivity index (χ0v) is 7.12. The Morgan fingerprint density at radius 2 is 1.69 bits per heavy atom. The van der Waals surface area contributed by atoms with Gasteiger partial charge in [-0.2, -0.15) is 0 Å². The Morgan fingerprint density at radius 3 is 2.08 bits per heavy atom. The molecule has 0 aliphatic carbocycles. The Hall–Kier alpha value is -1.14. The second kappa shape index (κ2) is 4.78. The van der Waals surface area contributed by atoms with Crippen molar-refractivity contribution in [2.45, 2.75) is 31.3 Å². The van der Waals surface area contributed by atoms with E-state index in [0.29, 0.717) is 12.8 Å². The highest BCUT2D eigenvalue weighted by atomic mass is 16.4. The summed E-state index contributed by atoms with van der Waals surface area (Å²) in [6.07, 6.45) is 0.479. The fourth-order valence-electron chi connectivity index (χ4n) is 0.789. The third kappa shape index (κ3) is 5.15. The molecule has 6 nitrogen and oxygen atoms in total. The highest BCUT2D eigenvalue weighted by Gasteiger charge is 2.19. The van der Waals surface area contributed by atoms with Gasteiger partial charge in [-0.15, -0.1) is 0 Å². The Labute approximate surface area is 75.5 Å². The molecule has 0 aromatic carbocycles. The van der Waals surface area contributed by atoms with Crippen LogP contribution in [0.2, 0.25) is 0 Å². The monoisotopic (exact) mass is 188 g/mol. The van der Waals surface area contributed by atoms with Crippen LogP contribution in [-0.2, 0) is 9.59 Å². The molecule has 0 heterocycles. The summed E-state index contributed by atoms with van der Waals surface area (Å²) in [6, 6.07) is 0. The fraction of sp³-hybridized carbons (Fsp3) is 0.714. The van der Waals surface area contributed by atoms with Crippen molar-refractivity contribution in [1.29, 1.82) is 0 Å². The molecule has 0 atom stereocenters. The number of rotatable bonds is 6. The Bertz CT molecular complexity index is 203. The lowest BCUT2D eigenvalue weighted by atomic mass is 10.0. The molecule has 0 spiro atoms. The topological polar surface area (TPSA) is 132 Å². The Balaban J connectivity index is 3.64. The van der Waals surface area contributed by atoms with Crippen LogP contribution in [0.25, 0.3) is 0 Å². The molecule has 0 saturated carbocycles. The van der Waals surface area contributed by atoms with E-state index in [1.54, 1.807) is 0 Å². The molecule has 0 amide bonds. The molecule has 0 fully saturated rings. The summed E-state index contributed by atoms with van der Waals surface area (Å²) in [7, 11) is 0. The van der Waals surface area contributed by atoms with Crippen LogP contribution in [0.15, 0.2) is 0 Å². The van der Waals surface area contributed by atoms with E-state index in [1.165, 1.54) is 0 Å². The summed E-state index contributed by atoms with van der Waals surface area (Å²) >= 11 is 0. The van der Waals surface area contributed by atoms with Crippen molar-refractivity contribution in [3.63, 3.8) is 0 Å². The van der Waals surface area contributed by atoms with Gasteiger partial charge in [0.1, 0.15) is 5.66 Å². The van der Waals surface area contributed by atoms with Crippen molar-refractivity contribution in [2.75, 3.05) is 0 Å². The standard InChI is InChI=1S/C7H14N2O4/c8-7(9,6(12)13)4-2-1-3-5(10)11/h1-4,8-9H2,(H,10,11)(H,12,13)/p-2. The molecule has 0 aromatic heterocycles. The lowest BCUT2D eigenvalue weighted by Crippen LogP contribution is -2.62. The van der Waals surface area contributed by atoms with E-state index in [4.69, 9.17) is 11.5 Å². The van der Waals surface area contributed by atoms with Crippen LogP contribution in [0.4, 0.5) is 0 Å². The number of carbonyl (C=O) groups excluding carboxylic acids is 2. The van der Waals surface area contributed by atoms with Crippen molar-refractivity contribution >= 4 is 11.9 Å². The number of carboxylic acid groups (broad SMARTS) is 2. The van der Waals surface area contributed by atoms with Crippen LogP contribution < -0.4 is 21.7 Å². The first-order valence-corrected chi connectivity index (χ1v) is 3.85. The number of carbonyl (C=O) groups is 2. The lowest BCUT2D eigenvalue weighted by molar-refractivity contribution is -0.313. The average Bonchev–Trinajstić information content (AvgIpc) is 1.97. The van der Waals surface area contributed by atoms with Gasteiger partial charge < -0.3 is 31.3 Å². The molecule has 0 radical (unpaired) electrons. The highest BCUT2D eigenvalue weighted by Crippen LogP contribution is 2.06. The minimum atomic E-state index is -1.87. The van der Waals surface area contributed by atoms with Crippen LogP contribution in [0.3, 0.4) is 0 Å². The largest absolute Gasteiger partial charge is 0.550 e. The van der Waals surface area contributed by atoms with E-state index in [9.17, 15) is 19.8 Å². The van der Waals surface area contributed by atoms with Gasteiger partial charge in [-0.05, 0) is 25.7 Å². The summed E-state index contributed by atoms with van der Waals surface area (Å²) in [5.41, 5.74) is 8.39. The quantitative estimate of drug-likeness (QED) is 0.330. The molecule has 0 aliphatic heterocycles. The first-order chi connectivity index (χ1) is 5.86. The SMILES string of the molecule is NC(N)(CCCCC(=O)[O-])C(=O)[O-]. The van der Waals surface area contributed by atoms with E-state index in [1.807, 2.05) is 0 Å². The van der Waals surface area contributed by atoms with Crippen LogP contribution in [0.1, 0.15) is 25.7 Å². The number of unbranched alkanes of at least 4 members (excludes halogenated alkanes) is 1. The summed E-state index contributed by atoms with van der Waals surface area (Å²) < 4.78 is 0. The first kappa shape index (κ1) is 11.9. The third-order valence-electron chi connectivity index (χ3n) is 1.60. The van der Waals surface area contributed by atoms with Crippen molar-refractivity contribution in [3.8, 4) is 0 Å². The maximum absolute atomic E-state index is 10.3. The van der Waals surface area contributed by atoms with E-state index in [2.05, 4.69) is 0 Å². The maximum atomic E-state index is 10.3. The van der Waals surface area contributed by atoms with Gasteiger partial charge in [-0.25, -0.2) is 0 Å².